The second-order valence-electron chi connectivity index (χ2n) is 10.1. The lowest BCUT2D eigenvalue weighted by atomic mass is 10.0. The van der Waals surface area contributed by atoms with E-state index in [1.54, 1.807) is 4.90 Å². The maximum atomic E-state index is 5.26. The molecule has 1 rings (SSSR count). The second-order valence-corrected chi connectivity index (χ2v) is 10.1. The van der Waals surface area contributed by atoms with Crippen LogP contribution in [-0.4, -0.2) is 33.4 Å². The predicted molar refractivity (Wildman–Crippen MR) is 129 cm³/mol. The number of unbranched alkanes of at least 4 members (excludes halogenated alkanes) is 20. The van der Waals surface area contributed by atoms with Crippen molar-refractivity contribution in [3.8, 4) is 0 Å². The lowest BCUT2D eigenvalue weighted by Crippen LogP contribution is -3.05. The summed E-state index contributed by atoms with van der Waals surface area (Å²) in [6, 6.07) is 0. The van der Waals surface area contributed by atoms with Crippen molar-refractivity contribution >= 4 is 0 Å². The molecule has 0 aliphatic carbocycles. The summed E-state index contributed by atoms with van der Waals surface area (Å²) < 4.78 is 5.26. The highest BCUT2D eigenvalue weighted by Gasteiger charge is 2.20. The minimum Gasteiger partial charge on any atom is -1.00 e. The molecular weight excluding hydrogens is 434 g/mol. The van der Waals surface area contributed by atoms with Gasteiger partial charge in [0.15, 0.2) is 0 Å². The van der Waals surface area contributed by atoms with Gasteiger partial charge in [0.05, 0.1) is 33.4 Å². The van der Waals surface area contributed by atoms with Crippen molar-refractivity contribution in [2.45, 2.75) is 147 Å². The van der Waals surface area contributed by atoms with Gasteiger partial charge >= 0.3 is 0 Å². The molecule has 1 unspecified atom stereocenters. The molecule has 182 valence electrons. The van der Waals surface area contributed by atoms with Crippen LogP contribution in [-0.2, 0) is 4.74 Å². The molecule has 1 fully saturated rings. The summed E-state index contributed by atoms with van der Waals surface area (Å²) in [6.07, 6.45) is 32.7. The first kappa shape index (κ1) is 30.4. The van der Waals surface area contributed by atoms with Gasteiger partial charge in [0, 0.05) is 0 Å². The van der Waals surface area contributed by atoms with Gasteiger partial charge in [-0.25, -0.2) is 0 Å². The molecule has 1 saturated heterocycles. The fourth-order valence-corrected chi connectivity index (χ4v) is 4.44. The third-order valence-electron chi connectivity index (χ3n) is 6.61. The van der Waals surface area contributed by atoms with Crippen LogP contribution in [0.1, 0.15) is 141 Å². The Morgan fingerprint density at radius 2 is 0.767 bits per heavy atom. The van der Waals surface area contributed by atoms with Crippen LogP contribution in [0.2, 0.25) is 0 Å². The molecule has 3 heteroatoms. The summed E-state index contributed by atoms with van der Waals surface area (Å²) in [6.45, 7) is 2.38. The number of halogens is 1. The highest BCUT2D eigenvalue weighted by molar-refractivity contribution is 4.68. The Bertz CT molecular complexity index is 298. The fourth-order valence-electron chi connectivity index (χ4n) is 4.44. The molecule has 0 bridgehead atoms. The van der Waals surface area contributed by atoms with Gasteiger partial charge in [-0.05, 0) is 19.3 Å². The van der Waals surface area contributed by atoms with Crippen LogP contribution in [0.25, 0.3) is 0 Å². The number of rotatable bonds is 24. The van der Waals surface area contributed by atoms with Crippen LogP contribution in [0.3, 0.4) is 0 Å². The van der Waals surface area contributed by atoms with Gasteiger partial charge in [-0.15, -0.1) is 0 Å². The molecule has 0 saturated carbocycles. The number of hydrogen-bond acceptors (Lipinski definition) is 1. The Morgan fingerprint density at radius 1 is 0.500 bits per heavy atom. The van der Waals surface area contributed by atoms with Crippen molar-refractivity contribution in [1.29, 1.82) is 0 Å². The topological polar surface area (TPSA) is 17.0 Å². The molecule has 1 aliphatic heterocycles. The molecule has 0 aromatic heterocycles. The number of epoxide rings is 1. The zero-order valence-electron chi connectivity index (χ0n) is 20.8. The summed E-state index contributed by atoms with van der Waals surface area (Å²) in [7, 11) is 4.52. The zero-order valence-corrected chi connectivity index (χ0v) is 22.4. The molecule has 0 aromatic carbocycles. The molecule has 1 atom stereocenters. The van der Waals surface area contributed by atoms with Crippen LogP contribution in [0.15, 0.2) is 0 Å². The highest BCUT2D eigenvalue weighted by atomic mass is 79.9. The van der Waals surface area contributed by atoms with Gasteiger partial charge in [-0.3, -0.25) is 0 Å². The predicted octanol–water partition coefficient (Wildman–Crippen LogP) is 4.12. The van der Waals surface area contributed by atoms with Crippen LogP contribution in [0.5, 0.6) is 0 Å². The first-order chi connectivity index (χ1) is 14.3. The number of hydrogen-bond donors (Lipinski definition) is 1. The molecule has 1 N–H and O–H groups in total. The molecule has 0 amide bonds. The third kappa shape index (κ3) is 24.7. The van der Waals surface area contributed by atoms with Crippen LogP contribution < -0.4 is 21.9 Å². The van der Waals surface area contributed by atoms with Gasteiger partial charge in [-0.1, -0.05) is 122 Å². The first-order valence-corrected chi connectivity index (χ1v) is 13.7. The Morgan fingerprint density at radius 3 is 1.03 bits per heavy atom. The van der Waals surface area contributed by atoms with E-state index < -0.39 is 0 Å². The molecule has 0 aromatic rings. The van der Waals surface area contributed by atoms with E-state index in [1.165, 1.54) is 148 Å². The van der Waals surface area contributed by atoms with Crippen molar-refractivity contribution in [2.75, 3.05) is 27.2 Å². The number of ether oxygens (including phenoxy) is 1. The lowest BCUT2D eigenvalue weighted by Gasteiger charge is -2.06. The molecule has 2 nitrogen and oxygen atoms in total. The fraction of sp³-hybridized carbons (Fsp3) is 1.00. The first-order valence-electron chi connectivity index (χ1n) is 13.7. The minimum atomic E-state index is 0. The Hall–Kier alpha value is 0.400. The summed E-state index contributed by atoms with van der Waals surface area (Å²) in [5.74, 6) is 0. The Labute approximate surface area is 201 Å². The van der Waals surface area contributed by atoms with Crippen molar-refractivity contribution in [1.82, 2.24) is 0 Å². The lowest BCUT2D eigenvalue weighted by molar-refractivity contribution is -0.858. The summed E-state index contributed by atoms with van der Waals surface area (Å²) in [5, 5.41) is 0. The van der Waals surface area contributed by atoms with E-state index >= 15 is 0 Å². The molecule has 30 heavy (non-hydrogen) atoms. The van der Waals surface area contributed by atoms with Crippen LogP contribution in [0, 0.1) is 0 Å². The molecule has 1 heterocycles. The second kappa shape index (κ2) is 24.1. The molecule has 1 aliphatic rings. The summed E-state index contributed by atoms with van der Waals surface area (Å²) in [5.41, 5.74) is 0. The van der Waals surface area contributed by atoms with Crippen molar-refractivity contribution in [2.24, 2.45) is 0 Å². The largest absolute Gasteiger partial charge is 1.00 e. The maximum Gasteiger partial charge on any atom is 0.0810 e. The molecule has 0 spiro atoms. The van der Waals surface area contributed by atoms with Gasteiger partial charge in [0.2, 0.25) is 0 Å². The van der Waals surface area contributed by atoms with Crippen molar-refractivity contribution < 1.29 is 26.6 Å². The SMILES string of the molecule is C[NH+](C)CCCCCCCCCCCCCCCCCCCCCCCC1CO1.[Br-]. The van der Waals surface area contributed by atoms with E-state index in [0.717, 1.165) is 6.61 Å². The maximum absolute atomic E-state index is 5.26. The summed E-state index contributed by atoms with van der Waals surface area (Å²) in [4.78, 5) is 1.60. The van der Waals surface area contributed by atoms with Crippen LogP contribution >= 0.6 is 0 Å². The van der Waals surface area contributed by atoms with E-state index in [4.69, 9.17) is 4.74 Å². The standard InChI is InChI=1S/C27H55NO.BrH/c1-28(2)25-23-21-19-17-15-13-11-9-7-5-3-4-6-8-10-12-14-16-18-20-22-24-27-26-29-27;/h27H,3-26H2,1-2H3;1H. The average Bonchev–Trinajstić information content (AvgIpc) is 3.52. The normalized spacial score (nSPS) is 15.5. The van der Waals surface area contributed by atoms with Gasteiger partial charge in [-0.2, -0.15) is 0 Å². The van der Waals surface area contributed by atoms with Gasteiger partial charge in [0.1, 0.15) is 0 Å². The third-order valence-corrected chi connectivity index (χ3v) is 6.61. The van der Waals surface area contributed by atoms with Gasteiger partial charge < -0.3 is 26.6 Å². The monoisotopic (exact) mass is 489 g/mol. The quantitative estimate of drug-likeness (QED) is 0.159. The van der Waals surface area contributed by atoms with E-state index in [1.807, 2.05) is 0 Å². The summed E-state index contributed by atoms with van der Waals surface area (Å²) >= 11 is 0. The van der Waals surface area contributed by atoms with E-state index in [0.29, 0.717) is 6.10 Å². The number of nitrogens with one attached hydrogen (secondary N) is 1. The molecular formula is C27H56BrNO. The van der Waals surface area contributed by atoms with Crippen molar-refractivity contribution in [3.63, 3.8) is 0 Å². The van der Waals surface area contributed by atoms with Crippen molar-refractivity contribution in [3.05, 3.63) is 0 Å². The Balaban J connectivity index is 0.00000841. The Kier molecular flexibility index (Phi) is 24.4. The minimum absolute atomic E-state index is 0. The smallest absolute Gasteiger partial charge is 0.0810 e. The molecule has 0 radical (unpaired) electrons. The van der Waals surface area contributed by atoms with Gasteiger partial charge in [0.25, 0.3) is 0 Å². The van der Waals surface area contributed by atoms with E-state index in [9.17, 15) is 0 Å². The zero-order chi connectivity index (χ0) is 20.8. The number of quaternary nitrogens is 1. The van der Waals surface area contributed by atoms with E-state index in [-0.39, 0.29) is 17.0 Å². The highest BCUT2D eigenvalue weighted by Crippen LogP contribution is 2.18. The van der Waals surface area contributed by atoms with Crippen LogP contribution in [0.4, 0.5) is 0 Å². The van der Waals surface area contributed by atoms with E-state index in [2.05, 4.69) is 14.1 Å². The average molecular weight is 491 g/mol.